The van der Waals surface area contributed by atoms with Crippen LogP contribution in [0, 0.1) is 5.92 Å². The molecule has 0 spiro atoms. The summed E-state index contributed by atoms with van der Waals surface area (Å²) >= 11 is 0. The number of carbonyl (C=O) groups excluding carboxylic acids is 1. The third-order valence-electron chi connectivity index (χ3n) is 7.14. The quantitative estimate of drug-likeness (QED) is 0.291. The van der Waals surface area contributed by atoms with Crippen molar-refractivity contribution in [2.24, 2.45) is 5.92 Å². The van der Waals surface area contributed by atoms with Crippen molar-refractivity contribution >= 4 is 34.9 Å². The van der Waals surface area contributed by atoms with Crippen LogP contribution in [-0.4, -0.2) is 28.5 Å². The van der Waals surface area contributed by atoms with Crippen LogP contribution >= 0.6 is 12.4 Å². The molecule has 2 aromatic heterocycles. The van der Waals surface area contributed by atoms with Crippen molar-refractivity contribution in [1.29, 1.82) is 0 Å². The number of halogens is 1. The van der Waals surface area contributed by atoms with Crippen molar-refractivity contribution in [2.75, 3.05) is 18.4 Å². The summed E-state index contributed by atoms with van der Waals surface area (Å²) in [5, 5.41) is 7.85. The lowest BCUT2D eigenvalue weighted by atomic mass is 9.91. The second-order valence-electron chi connectivity index (χ2n) is 9.49. The number of aromatic nitrogens is 2. The number of piperidine rings is 1. The van der Waals surface area contributed by atoms with E-state index in [1.807, 2.05) is 25.3 Å². The molecule has 1 amide bonds. The van der Waals surface area contributed by atoms with Crippen LogP contribution in [0.15, 0.2) is 73.1 Å². The van der Waals surface area contributed by atoms with Gasteiger partial charge < -0.3 is 15.2 Å². The second-order valence-corrected chi connectivity index (χ2v) is 9.49. The molecular weight excluding hydrogens is 468 g/mol. The highest BCUT2D eigenvalue weighted by Crippen LogP contribution is 2.37. The minimum atomic E-state index is 0. The number of pyridine rings is 1. The lowest BCUT2D eigenvalue weighted by molar-refractivity contribution is -0.115. The first kappa shape index (κ1) is 25.9. The summed E-state index contributed by atoms with van der Waals surface area (Å²) in [5.74, 6) is 0.736. The summed E-state index contributed by atoms with van der Waals surface area (Å²) in [6.45, 7) is 4.88. The van der Waals surface area contributed by atoms with Crippen LogP contribution in [0.2, 0.25) is 0 Å². The molecule has 5 nitrogen and oxygen atoms in total. The predicted molar refractivity (Wildman–Crippen MR) is 151 cm³/mol. The van der Waals surface area contributed by atoms with Gasteiger partial charge in [0.05, 0.1) is 11.4 Å². The van der Waals surface area contributed by atoms with Gasteiger partial charge in [0.1, 0.15) is 0 Å². The maximum atomic E-state index is 12.6. The minimum absolute atomic E-state index is 0. The third-order valence-corrected chi connectivity index (χ3v) is 7.14. The second kappa shape index (κ2) is 12.2. The molecule has 5 rings (SSSR count). The molecular formula is C30H35ClN4O. The van der Waals surface area contributed by atoms with Gasteiger partial charge in [-0.05, 0) is 62.4 Å². The third kappa shape index (κ3) is 5.80. The van der Waals surface area contributed by atoms with Crippen molar-refractivity contribution in [3.05, 3.63) is 84.3 Å². The van der Waals surface area contributed by atoms with E-state index >= 15 is 0 Å². The smallest absolute Gasteiger partial charge is 0.224 e. The fraction of sp³-hybridized carbons (Fsp3) is 0.333. The van der Waals surface area contributed by atoms with E-state index in [1.54, 1.807) is 0 Å². The number of hydrogen-bond donors (Lipinski definition) is 2. The van der Waals surface area contributed by atoms with Gasteiger partial charge >= 0.3 is 0 Å². The molecule has 0 radical (unpaired) electrons. The molecule has 2 aromatic carbocycles. The zero-order valence-electron chi connectivity index (χ0n) is 20.9. The van der Waals surface area contributed by atoms with E-state index in [0.717, 1.165) is 55.0 Å². The molecule has 0 bridgehead atoms. The van der Waals surface area contributed by atoms with Gasteiger partial charge in [0, 0.05) is 47.4 Å². The predicted octanol–water partition coefficient (Wildman–Crippen LogP) is 6.45. The van der Waals surface area contributed by atoms with Crippen LogP contribution in [0.5, 0.6) is 0 Å². The zero-order valence-corrected chi connectivity index (χ0v) is 21.7. The summed E-state index contributed by atoms with van der Waals surface area (Å²) in [4.78, 5) is 17.3. The van der Waals surface area contributed by atoms with Crippen LogP contribution in [0.4, 0.5) is 5.69 Å². The molecule has 1 saturated heterocycles. The van der Waals surface area contributed by atoms with E-state index in [9.17, 15) is 4.79 Å². The normalized spacial score (nSPS) is 13.9. The van der Waals surface area contributed by atoms with Gasteiger partial charge in [0.2, 0.25) is 5.91 Å². The number of aryl methyl sites for hydroxylation is 1. The topological polar surface area (TPSA) is 59.0 Å². The summed E-state index contributed by atoms with van der Waals surface area (Å²) in [7, 11) is 0. The van der Waals surface area contributed by atoms with E-state index in [2.05, 4.69) is 69.9 Å². The highest BCUT2D eigenvalue weighted by atomic mass is 35.5. The monoisotopic (exact) mass is 502 g/mol. The van der Waals surface area contributed by atoms with Gasteiger partial charge in [-0.15, -0.1) is 12.4 Å². The maximum absolute atomic E-state index is 12.6. The van der Waals surface area contributed by atoms with Crippen molar-refractivity contribution in [2.45, 2.75) is 45.6 Å². The van der Waals surface area contributed by atoms with E-state index < -0.39 is 0 Å². The molecule has 2 N–H and O–H groups in total. The van der Waals surface area contributed by atoms with Crippen LogP contribution in [-0.2, 0) is 17.8 Å². The number of hydrogen-bond acceptors (Lipinski definition) is 3. The highest BCUT2D eigenvalue weighted by molar-refractivity contribution is 6.03. The van der Waals surface area contributed by atoms with E-state index in [-0.39, 0.29) is 18.3 Å². The number of nitrogens with zero attached hydrogens (tertiary/aromatic N) is 2. The van der Waals surface area contributed by atoms with E-state index in [4.69, 9.17) is 4.98 Å². The van der Waals surface area contributed by atoms with Crippen molar-refractivity contribution < 1.29 is 4.79 Å². The molecule has 188 valence electrons. The lowest BCUT2D eigenvalue weighted by Crippen LogP contribution is -2.28. The summed E-state index contributed by atoms with van der Waals surface area (Å²) < 4.78 is 2.31. The van der Waals surface area contributed by atoms with Crippen LogP contribution in [0.1, 0.15) is 43.9 Å². The van der Waals surface area contributed by atoms with E-state index in [1.165, 1.54) is 29.3 Å². The number of para-hydroxylation sites is 1. The Morgan fingerprint density at radius 1 is 1.03 bits per heavy atom. The molecule has 4 aromatic rings. The average Bonchev–Trinajstić information content (AvgIpc) is 3.27. The summed E-state index contributed by atoms with van der Waals surface area (Å²) in [6, 6.07) is 21.1. The van der Waals surface area contributed by atoms with Gasteiger partial charge in [-0.1, -0.05) is 55.5 Å². The Labute approximate surface area is 219 Å². The Bertz CT molecular complexity index is 1300. The minimum Gasteiger partial charge on any atom is -0.342 e. The molecule has 3 heterocycles. The Balaban J connectivity index is 0.00000304. The van der Waals surface area contributed by atoms with Crippen LogP contribution in [0.25, 0.3) is 22.0 Å². The molecule has 0 unspecified atom stereocenters. The molecule has 0 aliphatic carbocycles. The van der Waals surface area contributed by atoms with Crippen molar-refractivity contribution in [3.63, 3.8) is 0 Å². The SMILES string of the molecule is CCC(=O)Nc1c(-c2cn(Cc3ccccc3)c3ccccc23)ccnc1CCC1CCNCC1.Cl. The van der Waals surface area contributed by atoms with E-state index in [0.29, 0.717) is 12.3 Å². The number of nitrogens with one attached hydrogen (secondary N) is 2. The van der Waals surface area contributed by atoms with Gasteiger partial charge in [0.25, 0.3) is 0 Å². The number of carbonyl (C=O) groups is 1. The number of rotatable bonds is 8. The van der Waals surface area contributed by atoms with Crippen LogP contribution < -0.4 is 10.6 Å². The number of benzene rings is 2. The summed E-state index contributed by atoms with van der Waals surface area (Å²) in [5.41, 5.74) is 6.49. The fourth-order valence-corrected chi connectivity index (χ4v) is 5.17. The average molecular weight is 503 g/mol. The molecule has 1 aliphatic rings. The Morgan fingerprint density at radius 2 is 1.78 bits per heavy atom. The largest absolute Gasteiger partial charge is 0.342 e. The number of amides is 1. The van der Waals surface area contributed by atoms with Crippen molar-refractivity contribution in [3.8, 4) is 11.1 Å². The van der Waals surface area contributed by atoms with Gasteiger partial charge in [-0.2, -0.15) is 0 Å². The highest BCUT2D eigenvalue weighted by Gasteiger charge is 2.20. The Morgan fingerprint density at radius 3 is 2.56 bits per heavy atom. The molecule has 1 fully saturated rings. The molecule has 1 aliphatic heterocycles. The standard InChI is InChI=1S/C30H34N4O.ClH/c1-2-29(35)33-30-25(16-19-32-27(30)13-12-22-14-17-31-18-15-22)26-21-34(20-23-8-4-3-5-9-23)28-11-7-6-10-24(26)28;/h3-11,16,19,21-22,31H,2,12-15,17-18,20H2,1H3,(H,33,35);1H. The lowest BCUT2D eigenvalue weighted by Gasteiger charge is -2.23. The molecule has 0 atom stereocenters. The molecule has 0 saturated carbocycles. The first-order valence-electron chi connectivity index (χ1n) is 12.8. The fourth-order valence-electron chi connectivity index (χ4n) is 5.17. The zero-order chi connectivity index (χ0) is 24.0. The number of fused-ring (bicyclic) bond motifs is 1. The first-order valence-corrected chi connectivity index (χ1v) is 12.8. The molecule has 36 heavy (non-hydrogen) atoms. The summed E-state index contributed by atoms with van der Waals surface area (Å²) in [6.07, 6.45) is 8.97. The Hall–Kier alpha value is -3.15. The Kier molecular flexibility index (Phi) is 8.79. The first-order chi connectivity index (χ1) is 17.2. The van der Waals surface area contributed by atoms with Gasteiger partial charge in [-0.3, -0.25) is 9.78 Å². The van der Waals surface area contributed by atoms with Crippen LogP contribution in [0.3, 0.4) is 0 Å². The van der Waals surface area contributed by atoms with Crippen molar-refractivity contribution in [1.82, 2.24) is 14.9 Å². The van der Waals surface area contributed by atoms with Gasteiger partial charge in [0.15, 0.2) is 0 Å². The molecule has 6 heteroatoms. The van der Waals surface area contributed by atoms with Gasteiger partial charge in [-0.25, -0.2) is 0 Å². The maximum Gasteiger partial charge on any atom is 0.224 e. The number of anilines is 1.